The number of rotatable bonds is 28. The molecular weight excluding hydrogens is 942 g/mol. The number of benzene rings is 5. The van der Waals surface area contributed by atoms with Crippen LogP contribution in [0.3, 0.4) is 0 Å². The van der Waals surface area contributed by atoms with Gasteiger partial charge in [-0.3, -0.25) is 0 Å². The molecule has 0 saturated carbocycles. The van der Waals surface area contributed by atoms with Crippen molar-refractivity contribution in [3.8, 4) is 0 Å². The Bertz CT molecular complexity index is 2200. The van der Waals surface area contributed by atoms with E-state index in [-0.39, 0.29) is 103 Å². The first kappa shape index (κ1) is 55.4. The summed E-state index contributed by atoms with van der Waals surface area (Å²) in [6, 6.07) is 5.99. The van der Waals surface area contributed by atoms with Crippen LogP contribution in [0.4, 0.5) is 0 Å². The van der Waals surface area contributed by atoms with Gasteiger partial charge < -0.3 is 18.9 Å². The maximum atomic E-state index is 14.5. The van der Waals surface area contributed by atoms with Crippen LogP contribution in [0.2, 0.25) is 20.1 Å². The van der Waals surface area contributed by atoms with Crippen LogP contribution in [0.15, 0.2) is 24.3 Å². The lowest BCUT2D eigenvalue weighted by atomic mass is 9.84. The van der Waals surface area contributed by atoms with Gasteiger partial charge in [0.05, 0.1) is 48.7 Å². The van der Waals surface area contributed by atoms with Crippen molar-refractivity contribution in [2.75, 3.05) is 26.4 Å². The summed E-state index contributed by atoms with van der Waals surface area (Å²) >= 11 is 29.5. The van der Waals surface area contributed by atoms with Crippen LogP contribution < -0.4 is 0 Å². The van der Waals surface area contributed by atoms with Gasteiger partial charge in [-0.2, -0.15) is 0 Å². The van der Waals surface area contributed by atoms with E-state index in [0.29, 0.717) is 32.3 Å². The number of carbonyl (C=O) groups excluding carboxylic acids is 4. The number of esters is 4. The quantitative estimate of drug-likeness (QED) is 0.0211. The molecule has 4 unspecified atom stereocenters. The molecule has 0 aromatic heterocycles. The lowest BCUT2D eigenvalue weighted by Crippen LogP contribution is -2.18. The molecule has 0 saturated heterocycles. The van der Waals surface area contributed by atoms with Gasteiger partial charge in [-0.25, -0.2) is 19.2 Å². The van der Waals surface area contributed by atoms with E-state index in [1.54, 1.807) is 0 Å². The molecule has 4 atom stereocenters. The molecule has 8 nitrogen and oxygen atoms in total. The summed E-state index contributed by atoms with van der Waals surface area (Å²) in [5.41, 5.74) is 0.209. The Balaban J connectivity index is 1.87. The summed E-state index contributed by atoms with van der Waals surface area (Å²) < 4.78 is 24.2. The van der Waals surface area contributed by atoms with E-state index in [0.717, 1.165) is 103 Å². The fourth-order valence-electron chi connectivity index (χ4n) is 9.44. The Kier molecular flexibility index (Phi) is 21.7. The van der Waals surface area contributed by atoms with Gasteiger partial charge in [0, 0.05) is 63.2 Å². The number of hydrogen-bond donors (Lipinski definition) is 0. The molecule has 0 heterocycles. The van der Waals surface area contributed by atoms with Crippen molar-refractivity contribution >= 4 is 113 Å². The zero-order chi connectivity index (χ0) is 49.7. The van der Waals surface area contributed by atoms with Crippen molar-refractivity contribution in [3.05, 3.63) is 66.6 Å². The molecule has 12 heteroatoms. The normalized spacial score (nSPS) is 13.6. The second kappa shape index (κ2) is 26.6. The third-order valence-electron chi connectivity index (χ3n) is 14.0. The van der Waals surface area contributed by atoms with E-state index in [9.17, 15) is 19.2 Å². The van der Waals surface area contributed by atoms with Gasteiger partial charge in [0.15, 0.2) is 0 Å². The molecule has 372 valence electrons. The number of carbonyl (C=O) groups is 4. The minimum atomic E-state index is -0.664. The first-order valence-electron chi connectivity index (χ1n) is 25.4. The molecule has 0 radical (unpaired) electrons. The SMILES string of the molecule is CCCCC(CC)COC(=O)c1cc(Cl)c2c3c(Cl)cc(C(=O)OCC(CC)CCCC)c4c(C(=O)OCC(CC)CCCC)cc(Cl)c(c5c(Cl)cc(C(=O)OCC(CC)CCCC)c1c25)c43. The summed E-state index contributed by atoms with van der Waals surface area (Å²) in [4.78, 5) is 58.0. The highest BCUT2D eigenvalue weighted by molar-refractivity contribution is 6.55. The molecular formula is C56H72Cl4O8. The number of unbranched alkanes of at least 4 members (excludes halogenated alkanes) is 4. The van der Waals surface area contributed by atoms with Gasteiger partial charge in [-0.05, 0) is 73.6 Å². The smallest absolute Gasteiger partial charge is 0.338 e. The van der Waals surface area contributed by atoms with Gasteiger partial charge in [0.2, 0.25) is 0 Å². The second-order valence-corrected chi connectivity index (χ2v) is 20.3. The second-order valence-electron chi connectivity index (χ2n) is 18.7. The molecule has 68 heavy (non-hydrogen) atoms. The van der Waals surface area contributed by atoms with Gasteiger partial charge in [0.1, 0.15) is 0 Å². The van der Waals surface area contributed by atoms with Crippen LogP contribution in [0.5, 0.6) is 0 Å². The van der Waals surface area contributed by atoms with Crippen molar-refractivity contribution in [1.29, 1.82) is 0 Å². The van der Waals surface area contributed by atoms with E-state index in [1.807, 2.05) is 0 Å². The summed E-state index contributed by atoms with van der Waals surface area (Å²) in [5.74, 6) is -2.10. The maximum Gasteiger partial charge on any atom is 0.338 e. The number of fused-ring (bicyclic) bond motifs is 2. The van der Waals surface area contributed by atoms with Crippen LogP contribution in [-0.2, 0) is 18.9 Å². The average Bonchev–Trinajstić information content (AvgIpc) is 3.33. The topological polar surface area (TPSA) is 105 Å². The largest absolute Gasteiger partial charge is 0.462 e. The van der Waals surface area contributed by atoms with Crippen LogP contribution >= 0.6 is 46.4 Å². The molecule has 0 bridgehead atoms. The highest BCUT2D eigenvalue weighted by atomic mass is 35.5. The zero-order valence-electron chi connectivity index (χ0n) is 41.5. The predicted octanol–water partition coefficient (Wildman–Crippen LogP) is 17.8. The fourth-order valence-corrected chi connectivity index (χ4v) is 10.6. The number of hydrogen-bond acceptors (Lipinski definition) is 8. The molecule has 5 aromatic rings. The lowest BCUT2D eigenvalue weighted by molar-refractivity contribution is 0.0414. The van der Waals surface area contributed by atoms with Gasteiger partial charge >= 0.3 is 23.9 Å². The monoisotopic (exact) mass is 1010 g/mol. The van der Waals surface area contributed by atoms with Crippen LogP contribution in [-0.4, -0.2) is 50.3 Å². The Morgan fingerprint density at radius 2 is 0.559 bits per heavy atom. The molecule has 5 rings (SSSR count). The van der Waals surface area contributed by atoms with Gasteiger partial charge in [-0.15, -0.1) is 0 Å². The summed E-state index contributed by atoms with van der Waals surface area (Å²) in [5, 5.41) is 2.90. The number of ether oxygens (including phenoxy) is 4. The minimum absolute atomic E-state index is 0.0522. The Hall–Kier alpha value is -3.56. The average molecular weight is 1010 g/mol. The lowest BCUT2D eigenvalue weighted by Gasteiger charge is -2.24. The van der Waals surface area contributed by atoms with E-state index in [4.69, 9.17) is 65.4 Å². The van der Waals surface area contributed by atoms with Gasteiger partial charge in [-0.1, -0.05) is 179 Å². The van der Waals surface area contributed by atoms with Crippen molar-refractivity contribution in [2.45, 2.75) is 158 Å². The maximum absolute atomic E-state index is 14.5. The fraction of sp³-hybridized carbons (Fsp3) is 0.571. The highest BCUT2D eigenvalue weighted by Crippen LogP contribution is 2.52. The molecule has 0 amide bonds. The van der Waals surface area contributed by atoms with Gasteiger partial charge in [0.25, 0.3) is 0 Å². The summed E-state index contributed by atoms with van der Waals surface area (Å²) in [7, 11) is 0. The van der Waals surface area contributed by atoms with Crippen LogP contribution in [0.1, 0.15) is 200 Å². The molecule has 0 spiro atoms. The molecule has 0 aliphatic heterocycles. The van der Waals surface area contributed by atoms with E-state index in [1.165, 1.54) is 24.3 Å². The standard InChI is InChI=1S/C56H72Cl4O8/c1-9-17-21-33(13-5)29-65-53(61)37-25-41(57)47-49-43(59)27-39(55(63)67-31-35(15-7)23-19-11-3)46-40(56(64)68-32-36(16-8)24-20-12-4)28-44(60)50(52(46)49)48-42(58)26-38(45(37)51(47)48)54(62)66-30-34(14-6)22-18-10-2/h25-28,33-36H,9-24,29-32H2,1-8H3. The zero-order valence-corrected chi connectivity index (χ0v) is 44.6. The van der Waals surface area contributed by atoms with Crippen molar-refractivity contribution in [2.24, 2.45) is 23.7 Å². The van der Waals surface area contributed by atoms with Crippen molar-refractivity contribution in [3.63, 3.8) is 0 Å². The summed E-state index contributed by atoms with van der Waals surface area (Å²) in [6.45, 7) is 17.5. The van der Waals surface area contributed by atoms with Crippen LogP contribution in [0.25, 0.3) is 43.1 Å². The third kappa shape index (κ3) is 12.7. The molecule has 5 aromatic carbocycles. The summed E-state index contributed by atoms with van der Waals surface area (Å²) in [6.07, 6.45) is 14.9. The number of halogens is 4. The highest BCUT2D eigenvalue weighted by Gasteiger charge is 2.33. The third-order valence-corrected chi connectivity index (χ3v) is 15.2. The Morgan fingerprint density at radius 1 is 0.353 bits per heavy atom. The Morgan fingerprint density at radius 3 is 0.735 bits per heavy atom. The van der Waals surface area contributed by atoms with E-state index in [2.05, 4.69) is 55.4 Å². The molecule has 0 N–H and O–H groups in total. The minimum Gasteiger partial charge on any atom is -0.462 e. The first-order chi connectivity index (χ1) is 32.7. The molecule has 0 fully saturated rings. The Labute approximate surface area is 424 Å². The van der Waals surface area contributed by atoms with E-state index >= 15 is 0 Å². The van der Waals surface area contributed by atoms with Crippen molar-refractivity contribution in [1.82, 2.24) is 0 Å². The van der Waals surface area contributed by atoms with E-state index < -0.39 is 23.9 Å². The van der Waals surface area contributed by atoms with Crippen LogP contribution in [0, 0.1) is 23.7 Å². The van der Waals surface area contributed by atoms with Crippen molar-refractivity contribution < 1.29 is 38.1 Å². The first-order valence-corrected chi connectivity index (χ1v) is 26.9. The molecule has 0 aliphatic rings. The molecule has 0 aliphatic carbocycles. The predicted molar refractivity (Wildman–Crippen MR) is 282 cm³/mol.